The molecule has 1 amide bonds. The first kappa shape index (κ1) is 18.5. The van der Waals surface area contributed by atoms with E-state index in [0.717, 1.165) is 19.3 Å². The molecular weight excluding hydrogens is 260 g/mol. The standard InChI is InChI=1S/C18H36N2O/c1-3-4-5-6-7-8-9-12-17(21)20-18(15-19)13-10-11-16(2)14-18/h16H,3-15,19H2,1-2H3,(H,20,21). The van der Waals surface area contributed by atoms with Crippen LogP contribution in [0.3, 0.4) is 0 Å². The van der Waals surface area contributed by atoms with Gasteiger partial charge in [-0.3, -0.25) is 4.79 Å². The minimum absolute atomic E-state index is 0.115. The predicted molar refractivity (Wildman–Crippen MR) is 90.2 cm³/mol. The van der Waals surface area contributed by atoms with Gasteiger partial charge in [-0.25, -0.2) is 0 Å². The molecule has 1 fully saturated rings. The number of unbranched alkanes of at least 4 members (excludes halogenated alkanes) is 6. The van der Waals surface area contributed by atoms with Crippen LogP contribution in [0.4, 0.5) is 0 Å². The molecule has 1 aliphatic carbocycles. The van der Waals surface area contributed by atoms with Crippen molar-refractivity contribution >= 4 is 5.91 Å². The van der Waals surface area contributed by atoms with Crippen LogP contribution >= 0.6 is 0 Å². The highest BCUT2D eigenvalue weighted by Crippen LogP contribution is 2.31. The van der Waals surface area contributed by atoms with Crippen LogP contribution in [-0.4, -0.2) is 18.0 Å². The van der Waals surface area contributed by atoms with E-state index in [9.17, 15) is 4.79 Å². The lowest BCUT2D eigenvalue weighted by molar-refractivity contribution is -0.123. The van der Waals surface area contributed by atoms with E-state index in [1.165, 1.54) is 51.4 Å². The van der Waals surface area contributed by atoms with Gasteiger partial charge in [0.25, 0.3) is 0 Å². The van der Waals surface area contributed by atoms with Crippen LogP contribution in [0.25, 0.3) is 0 Å². The molecule has 3 nitrogen and oxygen atoms in total. The average molecular weight is 296 g/mol. The Morgan fingerprint density at radius 2 is 1.86 bits per heavy atom. The van der Waals surface area contributed by atoms with Gasteiger partial charge in [0.05, 0.1) is 5.54 Å². The first-order chi connectivity index (χ1) is 10.1. The highest BCUT2D eigenvalue weighted by molar-refractivity contribution is 5.76. The van der Waals surface area contributed by atoms with Crippen LogP contribution in [0, 0.1) is 5.92 Å². The van der Waals surface area contributed by atoms with Gasteiger partial charge >= 0.3 is 0 Å². The number of amides is 1. The maximum Gasteiger partial charge on any atom is 0.220 e. The van der Waals surface area contributed by atoms with Crippen LogP contribution in [-0.2, 0) is 4.79 Å². The molecule has 2 atom stereocenters. The van der Waals surface area contributed by atoms with Crippen molar-refractivity contribution in [1.82, 2.24) is 5.32 Å². The van der Waals surface area contributed by atoms with E-state index >= 15 is 0 Å². The van der Waals surface area contributed by atoms with Crippen LogP contribution in [0.2, 0.25) is 0 Å². The van der Waals surface area contributed by atoms with Gasteiger partial charge in [0.15, 0.2) is 0 Å². The molecule has 2 unspecified atom stereocenters. The van der Waals surface area contributed by atoms with Crippen molar-refractivity contribution in [3.8, 4) is 0 Å². The number of carbonyl (C=O) groups is 1. The second kappa shape index (κ2) is 10.2. The third-order valence-electron chi connectivity index (χ3n) is 4.89. The molecule has 0 aromatic carbocycles. The zero-order valence-corrected chi connectivity index (χ0v) is 14.3. The fraction of sp³-hybridized carbons (Fsp3) is 0.944. The molecule has 0 aliphatic heterocycles. The second-order valence-electron chi connectivity index (χ2n) is 7.11. The second-order valence-corrected chi connectivity index (χ2v) is 7.11. The number of rotatable bonds is 10. The van der Waals surface area contributed by atoms with Crippen molar-refractivity contribution in [1.29, 1.82) is 0 Å². The minimum Gasteiger partial charge on any atom is -0.349 e. The zero-order valence-electron chi connectivity index (χ0n) is 14.3. The summed E-state index contributed by atoms with van der Waals surface area (Å²) in [5.41, 5.74) is 5.84. The summed E-state index contributed by atoms with van der Waals surface area (Å²) in [6.07, 6.45) is 14.0. The Labute approximate surface area is 131 Å². The summed E-state index contributed by atoms with van der Waals surface area (Å²) < 4.78 is 0. The van der Waals surface area contributed by atoms with Gasteiger partial charge in [-0.1, -0.05) is 65.2 Å². The maximum absolute atomic E-state index is 12.2. The maximum atomic E-state index is 12.2. The van der Waals surface area contributed by atoms with Gasteiger partial charge in [0, 0.05) is 13.0 Å². The van der Waals surface area contributed by atoms with Crippen molar-refractivity contribution < 1.29 is 4.79 Å². The fourth-order valence-corrected chi connectivity index (χ4v) is 3.61. The van der Waals surface area contributed by atoms with E-state index in [1.807, 2.05) is 0 Å². The lowest BCUT2D eigenvalue weighted by Gasteiger charge is -2.40. The van der Waals surface area contributed by atoms with E-state index in [0.29, 0.717) is 18.9 Å². The van der Waals surface area contributed by atoms with Crippen LogP contribution in [0.5, 0.6) is 0 Å². The number of nitrogens with two attached hydrogens (primary N) is 1. The first-order valence-electron chi connectivity index (χ1n) is 9.13. The summed E-state index contributed by atoms with van der Waals surface area (Å²) >= 11 is 0. The Hall–Kier alpha value is -0.570. The summed E-state index contributed by atoms with van der Waals surface area (Å²) in [5, 5.41) is 3.26. The highest BCUT2D eigenvalue weighted by atomic mass is 16.1. The van der Waals surface area contributed by atoms with Crippen molar-refractivity contribution in [2.75, 3.05) is 6.54 Å². The molecule has 0 aromatic heterocycles. The molecule has 3 N–H and O–H groups in total. The molecular formula is C18H36N2O. The van der Waals surface area contributed by atoms with Crippen molar-refractivity contribution in [2.45, 2.75) is 96.4 Å². The third kappa shape index (κ3) is 7.30. The Morgan fingerprint density at radius 3 is 2.48 bits per heavy atom. The van der Waals surface area contributed by atoms with Crippen molar-refractivity contribution in [3.63, 3.8) is 0 Å². The van der Waals surface area contributed by atoms with E-state index in [1.54, 1.807) is 0 Å². The largest absolute Gasteiger partial charge is 0.349 e. The summed E-state index contributed by atoms with van der Waals surface area (Å²) in [6, 6.07) is 0. The summed E-state index contributed by atoms with van der Waals surface area (Å²) in [6.45, 7) is 5.09. The smallest absolute Gasteiger partial charge is 0.220 e. The number of nitrogens with one attached hydrogen (secondary N) is 1. The van der Waals surface area contributed by atoms with E-state index in [-0.39, 0.29) is 11.4 Å². The summed E-state index contributed by atoms with van der Waals surface area (Å²) in [7, 11) is 0. The quantitative estimate of drug-likeness (QED) is 0.595. The normalized spacial score (nSPS) is 25.8. The number of carbonyl (C=O) groups excluding carboxylic acids is 1. The van der Waals surface area contributed by atoms with Gasteiger partial charge in [-0.05, 0) is 25.2 Å². The molecule has 21 heavy (non-hydrogen) atoms. The van der Waals surface area contributed by atoms with Crippen molar-refractivity contribution in [2.24, 2.45) is 11.7 Å². The van der Waals surface area contributed by atoms with Gasteiger partial charge < -0.3 is 11.1 Å². The zero-order chi connectivity index (χ0) is 15.6. The number of hydrogen-bond acceptors (Lipinski definition) is 2. The van der Waals surface area contributed by atoms with Crippen molar-refractivity contribution in [3.05, 3.63) is 0 Å². The Bertz CT molecular complexity index is 293. The van der Waals surface area contributed by atoms with E-state index in [4.69, 9.17) is 5.73 Å². The molecule has 1 aliphatic rings. The summed E-state index contributed by atoms with van der Waals surface area (Å²) in [5.74, 6) is 0.893. The molecule has 124 valence electrons. The number of hydrogen-bond donors (Lipinski definition) is 2. The Kier molecular flexibility index (Phi) is 8.98. The molecule has 0 radical (unpaired) electrons. The summed E-state index contributed by atoms with van der Waals surface area (Å²) in [4.78, 5) is 12.2. The topological polar surface area (TPSA) is 55.1 Å². The lowest BCUT2D eigenvalue weighted by Crippen LogP contribution is -2.55. The Balaban J connectivity index is 2.17. The molecule has 0 heterocycles. The Morgan fingerprint density at radius 1 is 1.19 bits per heavy atom. The monoisotopic (exact) mass is 296 g/mol. The van der Waals surface area contributed by atoms with E-state index in [2.05, 4.69) is 19.2 Å². The van der Waals surface area contributed by atoms with Gasteiger partial charge in [0.2, 0.25) is 5.91 Å². The first-order valence-corrected chi connectivity index (χ1v) is 9.13. The molecule has 1 rings (SSSR count). The highest BCUT2D eigenvalue weighted by Gasteiger charge is 2.34. The minimum atomic E-state index is -0.115. The van der Waals surface area contributed by atoms with Gasteiger partial charge in [-0.15, -0.1) is 0 Å². The molecule has 0 aromatic rings. The lowest BCUT2D eigenvalue weighted by atomic mass is 9.76. The SMILES string of the molecule is CCCCCCCCCC(=O)NC1(CN)CCCC(C)C1. The van der Waals surface area contributed by atoms with Gasteiger partial charge in [0.1, 0.15) is 0 Å². The van der Waals surface area contributed by atoms with Crippen LogP contribution < -0.4 is 11.1 Å². The third-order valence-corrected chi connectivity index (χ3v) is 4.89. The molecule has 3 heteroatoms. The molecule has 0 saturated heterocycles. The molecule has 1 saturated carbocycles. The van der Waals surface area contributed by atoms with Crippen LogP contribution in [0.1, 0.15) is 90.9 Å². The molecule has 0 spiro atoms. The molecule has 0 bridgehead atoms. The van der Waals surface area contributed by atoms with Gasteiger partial charge in [-0.2, -0.15) is 0 Å². The average Bonchev–Trinajstić information content (AvgIpc) is 2.46. The van der Waals surface area contributed by atoms with Crippen LogP contribution in [0.15, 0.2) is 0 Å². The predicted octanol–water partition coefficient (Wildman–Crippen LogP) is 4.15. The fourth-order valence-electron chi connectivity index (χ4n) is 3.61. The van der Waals surface area contributed by atoms with E-state index < -0.39 is 0 Å².